The summed E-state index contributed by atoms with van der Waals surface area (Å²) in [7, 11) is 0. The monoisotopic (exact) mass is 544 g/mol. The number of anilines is 1. The normalized spacial score (nSPS) is 10.4. The van der Waals surface area contributed by atoms with Crippen LogP contribution in [0.25, 0.3) is 11.1 Å². The molecule has 1 aromatic heterocycles. The van der Waals surface area contributed by atoms with Gasteiger partial charge in [0, 0.05) is 26.7 Å². The Morgan fingerprint density at radius 1 is 0.973 bits per heavy atom. The molecule has 3 aromatic carbocycles. The Hall–Kier alpha value is -4.01. The van der Waals surface area contributed by atoms with Crippen molar-refractivity contribution in [2.24, 2.45) is 0 Å². The third-order valence-electron chi connectivity index (χ3n) is 5.38. The van der Waals surface area contributed by atoms with Gasteiger partial charge in [0.1, 0.15) is 40.9 Å². The van der Waals surface area contributed by atoms with E-state index in [1.165, 1.54) is 0 Å². The van der Waals surface area contributed by atoms with Crippen LogP contribution in [0.3, 0.4) is 0 Å². The van der Waals surface area contributed by atoms with Gasteiger partial charge in [-0.05, 0) is 35.9 Å². The second kappa shape index (κ2) is 11.8. The first-order valence-electron chi connectivity index (χ1n) is 10.9. The molecule has 1 heterocycles. The number of ketones is 1. The summed E-state index contributed by atoms with van der Waals surface area (Å²) in [4.78, 5) is 17.2. The predicted octanol–water partition coefficient (Wildman–Crippen LogP) is 6.93. The zero-order chi connectivity index (χ0) is 26.4. The van der Waals surface area contributed by atoms with Gasteiger partial charge in [-0.3, -0.25) is 4.79 Å². The maximum absolute atomic E-state index is 13.0. The molecule has 0 amide bonds. The van der Waals surface area contributed by atoms with E-state index in [1.807, 2.05) is 24.3 Å². The number of pyridine rings is 1. The zero-order valence-corrected chi connectivity index (χ0v) is 21.6. The molecule has 0 unspecified atom stereocenters. The Morgan fingerprint density at radius 3 is 2.46 bits per heavy atom. The maximum atomic E-state index is 13.0. The van der Waals surface area contributed by atoms with Crippen LogP contribution in [-0.4, -0.2) is 16.5 Å². The number of aromatic nitrogens is 1. The highest BCUT2D eigenvalue weighted by Crippen LogP contribution is 2.36. The van der Waals surface area contributed by atoms with Crippen molar-refractivity contribution in [2.45, 2.75) is 11.6 Å². The van der Waals surface area contributed by atoms with Crippen LogP contribution in [0.5, 0.6) is 5.75 Å². The van der Waals surface area contributed by atoms with Crippen molar-refractivity contribution in [2.75, 3.05) is 11.5 Å². The van der Waals surface area contributed by atoms with Gasteiger partial charge in [0.25, 0.3) is 0 Å². The molecule has 0 aliphatic carbocycles. The minimum absolute atomic E-state index is 0.00400. The standard InChI is InChI=1S/C28H18Cl2N4O2S/c29-20-8-3-7-18(11-20)26-22(13-31)27(33)34-28(23(26)14-32)37-16-25(35)17-6-4-9-21(12-17)36-15-19-5-1-2-10-24(19)30/h1-12H,15-16H2,(H2,33,34). The number of Topliss-reactive ketones (excluding diaryl/α,β-unsaturated/α-hetero) is 1. The largest absolute Gasteiger partial charge is 0.489 e. The quantitative estimate of drug-likeness (QED) is 0.189. The van der Waals surface area contributed by atoms with E-state index in [-0.39, 0.29) is 40.1 Å². The van der Waals surface area contributed by atoms with Gasteiger partial charge in [-0.2, -0.15) is 10.5 Å². The molecule has 0 spiro atoms. The Kier molecular flexibility index (Phi) is 8.32. The second-order valence-electron chi connectivity index (χ2n) is 7.78. The smallest absolute Gasteiger partial charge is 0.173 e. The van der Waals surface area contributed by atoms with Crippen LogP contribution in [0, 0.1) is 22.7 Å². The Balaban J connectivity index is 1.55. The summed E-state index contributed by atoms with van der Waals surface area (Å²) in [6.45, 7) is 0.262. The van der Waals surface area contributed by atoms with Crippen molar-refractivity contribution in [3.63, 3.8) is 0 Å². The molecule has 2 N–H and O–H groups in total. The lowest BCUT2D eigenvalue weighted by molar-refractivity contribution is 0.102. The minimum Gasteiger partial charge on any atom is -0.489 e. The van der Waals surface area contributed by atoms with E-state index < -0.39 is 0 Å². The molecule has 0 saturated heterocycles. The summed E-state index contributed by atoms with van der Waals surface area (Å²) in [6.07, 6.45) is 0. The number of nitriles is 2. The van der Waals surface area contributed by atoms with Gasteiger partial charge in [-0.25, -0.2) is 4.98 Å². The molecule has 182 valence electrons. The molecule has 0 bridgehead atoms. The third-order valence-corrected chi connectivity index (χ3v) is 6.96. The summed E-state index contributed by atoms with van der Waals surface area (Å²) < 4.78 is 5.82. The number of hydrogen-bond donors (Lipinski definition) is 1. The van der Waals surface area contributed by atoms with Crippen LogP contribution < -0.4 is 10.5 Å². The summed E-state index contributed by atoms with van der Waals surface area (Å²) >= 11 is 13.4. The number of nitrogen functional groups attached to an aromatic ring is 1. The topological polar surface area (TPSA) is 113 Å². The minimum atomic E-state index is -0.189. The van der Waals surface area contributed by atoms with Crippen LogP contribution in [0.15, 0.2) is 77.8 Å². The Morgan fingerprint density at radius 2 is 1.73 bits per heavy atom. The molecule has 0 saturated carbocycles. The van der Waals surface area contributed by atoms with E-state index in [0.717, 1.165) is 17.3 Å². The van der Waals surface area contributed by atoms with Crippen LogP contribution in [-0.2, 0) is 6.61 Å². The number of carbonyl (C=O) groups is 1. The van der Waals surface area contributed by atoms with E-state index in [9.17, 15) is 15.3 Å². The fraction of sp³-hybridized carbons (Fsp3) is 0.0714. The van der Waals surface area contributed by atoms with Crippen LogP contribution >= 0.6 is 35.0 Å². The van der Waals surface area contributed by atoms with E-state index in [1.54, 1.807) is 54.6 Å². The predicted molar refractivity (Wildman–Crippen MR) is 146 cm³/mol. The SMILES string of the molecule is N#Cc1c(N)nc(SCC(=O)c2cccc(OCc3ccccc3Cl)c2)c(C#N)c1-c1cccc(Cl)c1. The third kappa shape index (κ3) is 6.04. The van der Waals surface area contributed by atoms with Crippen LogP contribution in [0.4, 0.5) is 5.82 Å². The zero-order valence-electron chi connectivity index (χ0n) is 19.2. The van der Waals surface area contributed by atoms with Gasteiger partial charge in [0.2, 0.25) is 0 Å². The molecule has 9 heteroatoms. The number of carbonyl (C=O) groups excluding carboxylic acids is 1. The number of rotatable bonds is 8. The summed E-state index contributed by atoms with van der Waals surface area (Å²) in [6, 6.07) is 25.1. The molecule has 4 rings (SSSR count). The van der Waals surface area contributed by atoms with Crippen molar-refractivity contribution < 1.29 is 9.53 Å². The Bertz CT molecular complexity index is 1580. The molecule has 0 fully saturated rings. The van der Waals surface area contributed by atoms with Crippen LogP contribution in [0.2, 0.25) is 10.0 Å². The highest BCUT2D eigenvalue weighted by molar-refractivity contribution is 8.00. The van der Waals surface area contributed by atoms with Crippen LogP contribution in [0.1, 0.15) is 27.0 Å². The van der Waals surface area contributed by atoms with Crippen molar-refractivity contribution in [1.82, 2.24) is 4.98 Å². The van der Waals surface area contributed by atoms with Gasteiger partial charge in [-0.1, -0.05) is 77.4 Å². The molecular formula is C28H18Cl2N4O2S. The number of nitrogens with zero attached hydrogens (tertiary/aromatic N) is 3. The lowest BCUT2D eigenvalue weighted by atomic mass is 9.97. The van der Waals surface area contributed by atoms with Gasteiger partial charge in [0.05, 0.1) is 11.3 Å². The lowest BCUT2D eigenvalue weighted by Crippen LogP contribution is -2.07. The average molecular weight is 545 g/mol. The van der Waals surface area contributed by atoms with Gasteiger partial charge in [-0.15, -0.1) is 0 Å². The number of nitrogens with two attached hydrogens (primary N) is 1. The lowest BCUT2D eigenvalue weighted by Gasteiger charge is -2.13. The molecule has 0 atom stereocenters. The first-order chi connectivity index (χ1) is 17.9. The average Bonchev–Trinajstić information content (AvgIpc) is 2.91. The van der Waals surface area contributed by atoms with E-state index in [2.05, 4.69) is 11.1 Å². The highest BCUT2D eigenvalue weighted by Gasteiger charge is 2.21. The number of benzene rings is 3. The van der Waals surface area contributed by atoms with Gasteiger partial charge < -0.3 is 10.5 Å². The summed E-state index contributed by atoms with van der Waals surface area (Å²) in [5.41, 5.74) is 8.47. The molecule has 37 heavy (non-hydrogen) atoms. The molecule has 0 aliphatic heterocycles. The molecule has 4 aromatic rings. The molecule has 0 radical (unpaired) electrons. The fourth-order valence-electron chi connectivity index (χ4n) is 3.59. The van der Waals surface area contributed by atoms with Crippen molar-refractivity contribution in [1.29, 1.82) is 10.5 Å². The van der Waals surface area contributed by atoms with Crippen molar-refractivity contribution in [3.8, 4) is 29.0 Å². The fourth-order valence-corrected chi connectivity index (χ4v) is 4.86. The number of hydrogen-bond acceptors (Lipinski definition) is 7. The van der Waals surface area contributed by atoms with Crippen molar-refractivity contribution in [3.05, 3.63) is 105 Å². The molecule has 6 nitrogen and oxygen atoms in total. The summed E-state index contributed by atoms with van der Waals surface area (Å²) in [5.74, 6) is 0.306. The number of thioether (sulfide) groups is 1. The second-order valence-corrected chi connectivity index (χ2v) is 9.59. The number of halogens is 2. The first-order valence-corrected chi connectivity index (χ1v) is 12.7. The van der Waals surface area contributed by atoms with E-state index in [0.29, 0.717) is 32.5 Å². The molecule has 0 aliphatic rings. The number of ether oxygens (including phenoxy) is 1. The van der Waals surface area contributed by atoms with E-state index in [4.69, 9.17) is 33.7 Å². The van der Waals surface area contributed by atoms with E-state index >= 15 is 0 Å². The Labute approximate surface area is 228 Å². The first kappa shape index (κ1) is 26.1. The highest BCUT2D eigenvalue weighted by atomic mass is 35.5. The van der Waals surface area contributed by atoms with Gasteiger partial charge >= 0.3 is 0 Å². The molecular weight excluding hydrogens is 527 g/mol. The summed E-state index contributed by atoms with van der Waals surface area (Å²) in [5, 5.41) is 20.9. The van der Waals surface area contributed by atoms with Gasteiger partial charge in [0.15, 0.2) is 5.78 Å². The van der Waals surface area contributed by atoms with Crippen molar-refractivity contribution >= 4 is 46.6 Å². The maximum Gasteiger partial charge on any atom is 0.173 e.